The Balaban J connectivity index is 1.65. The van der Waals surface area contributed by atoms with Crippen molar-refractivity contribution >= 4 is 49.8 Å². The molecule has 1 aromatic carbocycles. The first-order valence-electron chi connectivity index (χ1n) is 9.18. The third-order valence-electron chi connectivity index (χ3n) is 4.86. The molecule has 0 saturated carbocycles. The number of piperazine rings is 1. The molecule has 11 heteroatoms. The van der Waals surface area contributed by atoms with Crippen LogP contribution in [0.5, 0.6) is 0 Å². The number of carbonyl (C=O) groups excluding carboxylic acids is 1. The van der Waals surface area contributed by atoms with Gasteiger partial charge in [-0.15, -0.1) is 10.2 Å². The Labute approximate surface area is 178 Å². The van der Waals surface area contributed by atoms with Gasteiger partial charge in [0.05, 0.1) is 11.7 Å². The Hall–Kier alpha value is -2.14. The lowest BCUT2D eigenvalue weighted by Gasteiger charge is -2.37. The molecule has 3 aromatic rings. The molecule has 1 saturated heterocycles. The van der Waals surface area contributed by atoms with Gasteiger partial charge in [-0.05, 0) is 12.1 Å². The van der Waals surface area contributed by atoms with Gasteiger partial charge in [0.2, 0.25) is 11.0 Å². The minimum Gasteiger partial charge on any atom is -0.367 e. The van der Waals surface area contributed by atoms with Crippen LogP contribution >= 0.6 is 27.3 Å². The summed E-state index contributed by atoms with van der Waals surface area (Å²) in [5, 5.41) is 12.6. The molecular formula is C18H19BrF2N6OS. The van der Waals surface area contributed by atoms with Crippen molar-refractivity contribution in [2.45, 2.75) is 20.3 Å². The van der Waals surface area contributed by atoms with Crippen LogP contribution in [0.2, 0.25) is 0 Å². The van der Waals surface area contributed by atoms with Crippen LogP contribution in [0, 0.1) is 5.92 Å². The highest BCUT2D eigenvalue weighted by molar-refractivity contribution is 9.10. The van der Waals surface area contributed by atoms with E-state index in [-0.39, 0.29) is 16.8 Å². The Morgan fingerprint density at radius 1 is 1.17 bits per heavy atom. The van der Waals surface area contributed by atoms with Gasteiger partial charge >= 0.3 is 0 Å². The quantitative estimate of drug-likeness (QED) is 0.561. The monoisotopic (exact) mass is 484 g/mol. The lowest BCUT2D eigenvalue weighted by atomic mass is 10.1. The highest BCUT2D eigenvalue weighted by Crippen LogP contribution is 2.34. The summed E-state index contributed by atoms with van der Waals surface area (Å²) >= 11 is 4.36. The van der Waals surface area contributed by atoms with Gasteiger partial charge in [-0.2, -0.15) is 5.10 Å². The Bertz CT molecular complexity index is 1040. The number of nitrogens with zero attached hydrogens (tertiary/aromatic N) is 6. The maximum atomic E-state index is 12.9. The molecule has 0 N–H and O–H groups in total. The molecule has 1 aliphatic rings. The third-order valence-corrected chi connectivity index (χ3v) is 6.22. The topological polar surface area (TPSA) is 67.2 Å². The summed E-state index contributed by atoms with van der Waals surface area (Å²) < 4.78 is 28.1. The maximum Gasteiger partial charge on any atom is 0.291 e. The first kappa shape index (κ1) is 20.1. The minimum atomic E-state index is -2.66. The van der Waals surface area contributed by atoms with E-state index in [1.807, 2.05) is 30.9 Å². The fraction of sp³-hybridized carbons (Fsp3) is 0.444. The number of halogens is 3. The lowest BCUT2D eigenvalue weighted by Crippen LogP contribution is -2.50. The van der Waals surface area contributed by atoms with Crippen molar-refractivity contribution in [3.05, 3.63) is 27.8 Å². The van der Waals surface area contributed by atoms with Crippen LogP contribution in [0.4, 0.5) is 14.5 Å². The largest absolute Gasteiger partial charge is 0.367 e. The Morgan fingerprint density at radius 2 is 1.90 bits per heavy atom. The van der Waals surface area contributed by atoms with Crippen molar-refractivity contribution < 1.29 is 13.6 Å². The predicted molar refractivity (Wildman–Crippen MR) is 111 cm³/mol. The van der Waals surface area contributed by atoms with E-state index in [0.717, 1.165) is 32.4 Å². The molecule has 0 radical (unpaired) electrons. The standard InChI is InChI=1S/C18H19BrF2N6OS/c1-10(2)17(28)26-5-3-25(4-6-26)13-7-11(19)8-14-12(13)9-22-27(14)18-24-23-16(29-18)15(20)21/h7-10,15H,3-6H2,1-2H3. The summed E-state index contributed by atoms with van der Waals surface area (Å²) in [4.78, 5) is 16.4. The summed E-state index contributed by atoms with van der Waals surface area (Å²) in [7, 11) is 0. The van der Waals surface area contributed by atoms with Crippen LogP contribution in [0.3, 0.4) is 0 Å². The lowest BCUT2D eigenvalue weighted by molar-refractivity contribution is -0.134. The van der Waals surface area contributed by atoms with Gasteiger partial charge in [0.1, 0.15) is 0 Å². The SMILES string of the molecule is CC(C)C(=O)N1CCN(c2cc(Br)cc3c2cnn3-c2nnc(C(F)F)s2)CC1. The van der Waals surface area contributed by atoms with Crippen molar-refractivity contribution in [2.75, 3.05) is 31.1 Å². The van der Waals surface area contributed by atoms with Crippen molar-refractivity contribution in [1.82, 2.24) is 24.9 Å². The van der Waals surface area contributed by atoms with Crippen LogP contribution in [0.1, 0.15) is 25.3 Å². The number of carbonyl (C=O) groups is 1. The minimum absolute atomic E-state index is 0.0117. The number of fused-ring (bicyclic) bond motifs is 1. The average Bonchev–Trinajstić information content (AvgIpc) is 3.33. The molecule has 1 amide bonds. The van der Waals surface area contributed by atoms with Crippen LogP contribution in [-0.2, 0) is 4.79 Å². The Morgan fingerprint density at radius 3 is 2.52 bits per heavy atom. The molecule has 4 rings (SSSR count). The number of amides is 1. The predicted octanol–water partition coefficient (Wildman–Crippen LogP) is 3.88. The molecule has 29 heavy (non-hydrogen) atoms. The van der Waals surface area contributed by atoms with Gasteiger partial charge in [0.25, 0.3) is 6.43 Å². The molecule has 0 atom stereocenters. The first-order chi connectivity index (χ1) is 13.8. The zero-order valence-electron chi connectivity index (χ0n) is 15.8. The molecule has 0 spiro atoms. The number of benzene rings is 1. The van der Waals surface area contributed by atoms with Crippen LogP contribution in [0.15, 0.2) is 22.8 Å². The Kier molecular flexibility index (Phi) is 5.52. The zero-order chi connectivity index (χ0) is 20.7. The smallest absolute Gasteiger partial charge is 0.291 e. The summed E-state index contributed by atoms with van der Waals surface area (Å²) in [6.45, 7) is 6.56. The summed E-state index contributed by atoms with van der Waals surface area (Å²) in [6, 6.07) is 3.90. The normalized spacial score (nSPS) is 15.1. The van der Waals surface area contributed by atoms with Gasteiger partial charge in [-0.1, -0.05) is 41.1 Å². The molecule has 2 aromatic heterocycles. The van der Waals surface area contributed by atoms with E-state index in [2.05, 4.69) is 36.1 Å². The fourth-order valence-corrected chi connectivity index (χ4v) is 4.53. The van der Waals surface area contributed by atoms with E-state index in [1.54, 1.807) is 6.20 Å². The van der Waals surface area contributed by atoms with Gasteiger partial charge in [-0.3, -0.25) is 4.79 Å². The highest BCUT2D eigenvalue weighted by atomic mass is 79.9. The molecule has 154 valence electrons. The summed E-state index contributed by atoms with van der Waals surface area (Å²) in [6.07, 6.45) is -0.943. The molecular weight excluding hydrogens is 466 g/mol. The number of aromatic nitrogens is 4. The van der Waals surface area contributed by atoms with Crippen molar-refractivity contribution in [1.29, 1.82) is 0 Å². The summed E-state index contributed by atoms with van der Waals surface area (Å²) in [5.41, 5.74) is 1.74. The summed E-state index contributed by atoms with van der Waals surface area (Å²) in [5.74, 6) is 0.158. The van der Waals surface area contributed by atoms with E-state index >= 15 is 0 Å². The van der Waals surface area contributed by atoms with Crippen LogP contribution in [0.25, 0.3) is 16.0 Å². The number of alkyl halides is 2. The van der Waals surface area contributed by atoms with Gasteiger partial charge in [0, 0.05) is 47.6 Å². The zero-order valence-corrected chi connectivity index (χ0v) is 18.3. The molecule has 0 bridgehead atoms. The third kappa shape index (κ3) is 3.85. The van der Waals surface area contributed by atoms with E-state index < -0.39 is 6.43 Å². The molecule has 7 nitrogen and oxygen atoms in total. The fourth-order valence-electron chi connectivity index (χ4n) is 3.42. The van der Waals surface area contributed by atoms with E-state index in [9.17, 15) is 13.6 Å². The second-order valence-electron chi connectivity index (χ2n) is 7.10. The van der Waals surface area contributed by atoms with Crippen molar-refractivity contribution in [3.8, 4) is 5.13 Å². The van der Waals surface area contributed by atoms with Gasteiger partial charge < -0.3 is 9.80 Å². The van der Waals surface area contributed by atoms with Gasteiger partial charge in [0.15, 0.2) is 5.01 Å². The van der Waals surface area contributed by atoms with Crippen LogP contribution in [-0.4, -0.2) is 57.0 Å². The van der Waals surface area contributed by atoms with Crippen molar-refractivity contribution in [3.63, 3.8) is 0 Å². The van der Waals surface area contributed by atoms with Gasteiger partial charge in [-0.25, -0.2) is 13.5 Å². The van der Waals surface area contributed by atoms with E-state index in [4.69, 9.17) is 0 Å². The number of hydrogen-bond donors (Lipinski definition) is 0. The molecule has 1 aliphatic heterocycles. The molecule has 1 fully saturated rings. The average molecular weight is 485 g/mol. The number of rotatable bonds is 4. The number of anilines is 1. The molecule has 3 heterocycles. The highest BCUT2D eigenvalue weighted by Gasteiger charge is 2.25. The second-order valence-corrected chi connectivity index (χ2v) is 9.01. The second kappa shape index (κ2) is 7.94. The molecule has 0 aliphatic carbocycles. The van der Waals surface area contributed by atoms with Crippen LogP contribution < -0.4 is 4.90 Å². The number of hydrogen-bond acceptors (Lipinski definition) is 6. The van der Waals surface area contributed by atoms with E-state index in [0.29, 0.717) is 31.3 Å². The van der Waals surface area contributed by atoms with E-state index in [1.165, 1.54) is 4.68 Å². The maximum absolute atomic E-state index is 12.9. The van der Waals surface area contributed by atoms with Crippen molar-refractivity contribution in [2.24, 2.45) is 5.92 Å². The first-order valence-corrected chi connectivity index (χ1v) is 10.8. The molecule has 0 unspecified atom stereocenters.